The maximum atomic E-state index is 14.2. The van der Waals surface area contributed by atoms with Gasteiger partial charge in [0.05, 0.1) is 6.10 Å². The standard InChI is InChI=1S/C18H23FO/c1-3-4-5-6-14-7-12-17(18(19)13-14)15-8-10-16(20-2)11-9-15/h7-10,12-13,16H,3-6,11H2,1-2H3. The van der Waals surface area contributed by atoms with Crippen LogP contribution in [0.3, 0.4) is 0 Å². The smallest absolute Gasteiger partial charge is 0.131 e. The molecule has 0 aromatic heterocycles. The summed E-state index contributed by atoms with van der Waals surface area (Å²) in [5.41, 5.74) is 2.74. The Labute approximate surface area is 121 Å². The van der Waals surface area contributed by atoms with Crippen molar-refractivity contribution in [1.29, 1.82) is 0 Å². The normalized spacial score (nSPS) is 18.1. The minimum absolute atomic E-state index is 0.120. The van der Waals surface area contributed by atoms with Crippen molar-refractivity contribution in [3.63, 3.8) is 0 Å². The molecule has 0 N–H and O–H groups in total. The summed E-state index contributed by atoms with van der Waals surface area (Å²) in [7, 11) is 1.69. The Morgan fingerprint density at radius 3 is 2.75 bits per heavy atom. The Balaban J connectivity index is 2.07. The highest BCUT2D eigenvalue weighted by molar-refractivity contribution is 5.75. The lowest BCUT2D eigenvalue weighted by Gasteiger charge is -2.15. The number of benzene rings is 1. The van der Waals surface area contributed by atoms with Crippen LogP contribution >= 0.6 is 0 Å². The van der Waals surface area contributed by atoms with Crippen molar-refractivity contribution in [2.45, 2.75) is 45.1 Å². The van der Waals surface area contributed by atoms with Gasteiger partial charge in [-0.25, -0.2) is 4.39 Å². The van der Waals surface area contributed by atoms with Gasteiger partial charge in [0.15, 0.2) is 0 Å². The van der Waals surface area contributed by atoms with E-state index in [1.165, 1.54) is 12.8 Å². The van der Waals surface area contributed by atoms with Gasteiger partial charge in [-0.3, -0.25) is 0 Å². The minimum Gasteiger partial charge on any atom is -0.377 e. The lowest BCUT2D eigenvalue weighted by molar-refractivity contribution is 0.143. The number of aryl methyl sites for hydroxylation is 1. The van der Waals surface area contributed by atoms with Crippen molar-refractivity contribution in [3.05, 3.63) is 53.4 Å². The molecule has 0 radical (unpaired) electrons. The van der Waals surface area contributed by atoms with Crippen LogP contribution in [0.2, 0.25) is 0 Å². The van der Waals surface area contributed by atoms with E-state index in [-0.39, 0.29) is 11.9 Å². The molecule has 2 rings (SSSR count). The van der Waals surface area contributed by atoms with Gasteiger partial charge in [0.25, 0.3) is 0 Å². The van der Waals surface area contributed by atoms with Gasteiger partial charge in [0.2, 0.25) is 0 Å². The van der Waals surface area contributed by atoms with Crippen LogP contribution in [0.4, 0.5) is 4.39 Å². The second-order valence-electron chi connectivity index (χ2n) is 5.30. The molecule has 1 aliphatic carbocycles. The monoisotopic (exact) mass is 274 g/mol. The van der Waals surface area contributed by atoms with E-state index in [2.05, 4.69) is 6.92 Å². The zero-order valence-corrected chi connectivity index (χ0v) is 12.4. The molecule has 1 aromatic rings. The molecule has 0 aliphatic heterocycles. The molecule has 0 saturated carbocycles. The van der Waals surface area contributed by atoms with Crippen LogP contribution in [0.25, 0.3) is 5.57 Å². The van der Waals surface area contributed by atoms with Crippen molar-refractivity contribution < 1.29 is 9.13 Å². The van der Waals surface area contributed by atoms with Crippen LogP contribution in [-0.4, -0.2) is 13.2 Å². The van der Waals surface area contributed by atoms with Gasteiger partial charge in [-0.15, -0.1) is 0 Å². The summed E-state index contributed by atoms with van der Waals surface area (Å²) in [5, 5.41) is 0. The predicted molar refractivity (Wildman–Crippen MR) is 82.2 cm³/mol. The molecular weight excluding hydrogens is 251 g/mol. The van der Waals surface area contributed by atoms with Crippen molar-refractivity contribution >= 4 is 5.57 Å². The highest BCUT2D eigenvalue weighted by atomic mass is 19.1. The summed E-state index contributed by atoms with van der Waals surface area (Å²) >= 11 is 0. The van der Waals surface area contributed by atoms with Gasteiger partial charge in [-0.05, 0) is 36.5 Å². The van der Waals surface area contributed by atoms with Crippen molar-refractivity contribution in [2.75, 3.05) is 7.11 Å². The fourth-order valence-electron chi connectivity index (χ4n) is 2.50. The average molecular weight is 274 g/mol. The maximum absolute atomic E-state index is 14.2. The average Bonchev–Trinajstić information content (AvgIpc) is 2.48. The van der Waals surface area contributed by atoms with E-state index < -0.39 is 0 Å². The SMILES string of the molecule is CCCCCc1ccc(C2=CCC(OC)C=C2)c(F)c1. The molecule has 20 heavy (non-hydrogen) atoms. The van der Waals surface area contributed by atoms with Crippen LogP contribution in [0.1, 0.15) is 43.7 Å². The van der Waals surface area contributed by atoms with Crippen LogP contribution in [0.5, 0.6) is 0 Å². The van der Waals surface area contributed by atoms with Gasteiger partial charge in [-0.2, -0.15) is 0 Å². The fraction of sp³-hybridized carbons (Fsp3) is 0.444. The van der Waals surface area contributed by atoms with Crippen LogP contribution in [0.15, 0.2) is 36.4 Å². The molecular formula is C18H23FO. The zero-order chi connectivity index (χ0) is 14.4. The van der Waals surface area contributed by atoms with E-state index in [9.17, 15) is 4.39 Å². The molecule has 1 aromatic carbocycles. The molecule has 0 bridgehead atoms. The number of methoxy groups -OCH3 is 1. The minimum atomic E-state index is -0.120. The summed E-state index contributed by atoms with van der Waals surface area (Å²) in [5.74, 6) is -0.120. The third kappa shape index (κ3) is 3.80. The Morgan fingerprint density at radius 1 is 1.30 bits per heavy atom. The fourth-order valence-corrected chi connectivity index (χ4v) is 2.50. The molecule has 1 unspecified atom stereocenters. The van der Waals surface area contributed by atoms with Gasteiger partial charge >= 0.3 is 0 Å². The number of hydrogen-bond acceptors (Lipinski definition) is 1. The molecule has 0 fully saturated rings. The van der Waals surface area contributed by atoms with E-state index in [1.54, 1.807) is 13.2 Å². The number of unbranched alkanes of at least 4 members (excludes halogenated alkanes) is 2. The molecule has 0 spiro atoms. The van der Waals surface area contributed by atoms with E-state index >= 15 is 0 Å². The predicted octanol–water partition coefficient (Wildman–Crippen LogP) is 4.92. The maximum Gasteiger partial charge on any atom is 0.131 e. The van der Waals surface area contributed by atoms with Gasteiger partial charge < -0.3 is 4.74 Å². The van der Waals surface area contributed by atoms with E-state index in [1.807, 2.05) is 30.4 Å². The van der Waals surface area contributed by atoms with Crippen LogP contribution in [-0.2, 0) is 11.2 Å². The van der Waals surface area contributed by atoms with Crippen molar-refractivity contribution in [3.8, 4) is 0 Å². The van der Waals surface area contributed by atoms with Crippen molar-refractivity contribution in [2.24, 2.45) is 0 Å². The largest absolute Gasteiger partial charge is 0.377 e. The van der Waals surface area contributed by atoms with Gasteiger partial charge in [-0.1, -0.05) is 50.1 Å². The van der Waals surface area contributed by atoms with Crippen LogP contribution in [0, 0.1) is 5.82 Å². The summed E-state index contributed by atoms with van der Waals surface area (Å²) in [6.07, 6.45) is 11.4. The van der Waals surface area contributed by atoms with E-state index in [4.69, 9.17) is 4.74 Å². The Kier molecular flexibility index (Phi) is 5.54. The molecule has 108 valence electrons. The number of ether oxygens (including phenoxy) is 1. The second kappa shape index (κ2) is 7.39. The van der Waals surface area contributed by atoms with Crippen LogP contribution < -0.4 is 0 Å². The summed E-state index contributed by atoms with van der Waals surface area (Å²) in [6, 6.07) is 5.63. The first-order valence-corrected chi connectivity index (χ1v) is 7.44. The quantitative estimate of drug-likeness (QED) is 0.669. The first-order valence-electron chi connectivity index (χ1n) is 7.44. The van der Waals surface area contributed by atoms with E-state index in [0.29, 0.717) is 5.56 Å². The third-order valence-electron chi connectivity index (χ3n) is 3.78. The number of hydrogen-bond donors (Lipinski definition) is 0. The third-order valence-corrected chi connectivity index (χ3v) is 3.78. The molecule has 0 amide bonds. The molecule has 1 nitrogen and oxygen atoms in total. The second-order valence-corrected chi connectivity index (χ2v) is 5.30. The number of halogens is 1. The lowest BCUT2D eigenvalue weighted by Crippen LogP contribution is -2.08. The highest BCUT2D eigenvalue weighted by Gasteiger charge is 2.12. The molecule has 1 aliphatic rings. The molecule has 0 heterocycles. The Hall–Kier alpha value is -1.41. The summed E-state index contributed by atoms with van der Waals surface area (Å²) < 4.78 is 19.5. The van der Waals surface area contributed by atoms with Crippen molar-refractivity contribution in [1.82, 2.24) is 0 Å². The molecule has 1 atom stereocenters. The Bertz CT molecular complexity index is 502. The topological polar surface area (TPSA) is 9.23 Å². The summed E-state index contributed by atoms with van der Waals surface area (Å²) in [4.78, 5) is 0. The van der Waals surface area contributed by atoms with Gasteiger partial charge in [0.1, 0.15) is 5.82 Å². The van der Waals surface area contributed by atoms with E-state index in [0.717, 1.165) is 30.4 Å². The first-order chi connectivity index (χ1) is 9.74. The first kappa shape index (κ1) is 15.0. The summed E-state index contributed by atoms with van der Waals surface area (Å²) in [6.45, 7) is 2.18. The van der Waals surface area contributed by atoms with Gasteiger partial charge in [0, 0.05) is 12.7 Å². The lowest BCUT2D eigenvalue weighted by atomic mass is 9.96. The zero-order valence-electron chi connectivity index (χ0n) is 12.4. The molecule has 2 heteroatoms. The number of rotatable bonds is 6. The number of allylic oxidation sites excluding steroid dienone is 2. The Morgan fingerprint density at radius 2 is 2.15 bits per heavy atom. The highest BCUT2D eigenvalue weighted by Crippen LogP contribution is 2.25. The molecule has 0 saturated heterocycles.